The molecule has 0 saturated heterocycles. The van der Waals surface area contributed by atoms with Crippen LogP contribution >= 0.6 is 0 Å². The van der Waals surface area contributed by atoms with E-state index in [9.17, 15) is 0 Å². The molecule has 1 N–H and O–H groups in total. The van der Waals surface area contributed by atoms with Gasteiger partial charge in [0.05, 0.1) is 18.6 Å². The quantitative estimate of drug-likeness (QED) is 0.779. The van der Waals surface area contributed by atoms with E-state index in [1.54, 1.807) is 0 Å². The Hall–Kier alpha value is -2.14. The predicted molar refractivity (Wildman–Crippen MR) is 81.9 cm³/mol. The molecule has 1 fully saturated rings. The van der Waals surface area contributed by atoms with Crippen molar-refractivity contribution < 1.29 is 0 Å². The van der Waals surface area contributed by atoms with Crippen LogP contribution in [0.3, 0.4) is 0 Å². The number of hydrogen-bond donors (Lipinski definition) is 1. The molecule has 4 rings (SSSR count). The molecule has 108 valence electrons. The Morgan fingerprint density at radius 3 is 3.05 bits per heavy atom. The van der Waals surface area contributed by atoms with Gasteiger partial charge in [0.2, 0.25) is 0 Å². The minimum Gasteiger partial charge on any atom is -0.336 e. The van der Waals surface area contributed by atoms with Gasteiger partial charge < -0.3 is 14.5 Å². The van der Waals surface area contributed by atoms with E-state index >= 15 is 0 Å². The largest absolute Gasteiger partial charge is 0.336 e. The summed E-state index contributed by atoms with van der Waals surface area (Å²) < 4.78 is 4.27. The molecule has 3 aromatic heterocycles. The summed E-state index contributed by atoms with van der Waals surface area (Å²) in [4.78, 5) is 8.75. The third-order valence-corrected chi connectivity index (χ3v) is 4.12. The maximum atomic E-state index is 4.56. The summed E-state index contributed by atoms with van der Waals surface area (Å²) in [6.45, 7) is 1.72. The summed E-state index contributed by atoms with van der Waals surface area (Å²) in [5, 5.41) is 4.83. The molecular formula is C16H19N5. The Morgan fingerprint density at radius 2 is 2.29 bits per heavy atom. The average Bonchev–Trinajstić information content (AvgIpc) is 3.16. The summed E-state index contributed by atoms with van der Waals surface area (Å²) >= 11 is 0. The van der Waals surface area contributed by atoms with Gasteiger partial charge in [-0.3, -0.25) is 0 Å². The minimum atomic E-state index is 0.720. The highest BCUT2D eigenvalue weighted by Crippen LogP contribution is 2.23. The number of pyridine rings is 1. The average molecular weight is 281 g/mol. The number of fused-ring (bicyclic) bond motifs is 1. The molecule has 0 aromatic carbocycles. The molecular weight excluding hydrogens is 262 g/mol. The van der Waals surface area contributed by atoms with Crippen molar-refractivity contribution in [2.75, 3.05) is 0 Å². The Balaban J connectivity index is 1.68. The van der Waals surface area contributed by atoms with Gasteiger partial charge in [0.1, 0.15) is 5.65 Å². The van der Waals surface area contributed by atoms with E-state index in [1.807, 2.05) is 31.8 Å². The number of rotatable bonds is 5. The molecule has 5 nitrogen and oxygen atoms in total. The highest BCUT2D eigenvalue weighted by molar-refractivity contribution is 5.80. The number of nitrogens with zero attached hydrogens (tertiary/aromatic N) is 4. The van der Waals surface area contributed by atoms with Crippen molar-refractivity contribution in [3.8, 4) is 0 Å². The lowest BCUT2D eigenvalue weighted by atomic mass is 10.2. The molecule has 0 amide bonds. The topological polar surface area (TPSA) is 47.7 Å². The van der Waals surface area contributed by atoms with Gasteiger partial charge in [0, 0.05) is 43.6 Å². The van der Waals surface area contributed by atoms with Gasteiger partial charge in [-0.15, -0.1) is 0 Å². The predicted octanol–water partition coefficient (Wildman–Crippen LogP) is 2.07. The lowest BCUT2D eigenvalue weighted by Gasteiger charge is -2.05. The van der Waals surface area contributed by atoms with Crippen molar-refractivity contribution in [1.29, 1.82) is 0 Å². The molecule has 0 spiro atoms. The lowest BCUT2D eigenvalue weighted by molar-refractivity contribution is 0.684. The van der Waals surface area contributed by atoms with E-state index in [1.165, 1.54) is 29.5 Å². The van der Waals surface area contributed by atoms with E-state index in [0.717, 1.165) is 24.8 Å². The van der Waals surface area contributed by atoms with Crippen molar-refractivity contribution in [3.63, 3.8) is 0 Å². The third-order valence-electron chi connectivity index (χ3n) is 4.12. The number of nitrogens with one attached hydrogen (secondary N) is 1. The van der Waals surface area contributed by atoms with Crippen LogP contribution in [-0.2, 0) is 20.1 Å². The van der Waals surface area contributed by atoms with Crippen LogP contribution in [0.2, 0.25) is 0 Å². The molecule has 0 aliphatic heterocycles. The summed E-state index contributed by atoms with van der Waals surface area (Å²) in [5.74, 6) is 0. The van der Waals surface area contributed by atoms with E-state index in [2.05, 4.69) is 36.7 Å². The van der Waals surface area contributed by atoms with E-state index < -0.39 is 0 Å². The third kappa shape index (κ3) is 2.45. The normalized spacial score (nSPS) is 14.9. The first-order valence-corrected chi connectivity index (χ1v) is 7.42. The van der Waals surface area contributed by atoms with Gasteiger partial charge in [0.25, 0.3) is 0 Å². The first-order valence-electron chi connectivity index (χ1n) is 7.42. The SMILES string of the molecule is Cn1cncc1Cn1cc(CNC2CC2)c2cccnc21. The molecule has 0 unspecified atom stereocenters. The van der Waals surface area contributed by atoms with Crippen molar-refractivity contribution in [3.05, 3.63) is 48.3 Å². The second kappa shape index (κ2) is 5.00. The van der Waals surface area contributed by atoms with Crippen molar-refractivity contribution in [2.24, 2.45) is 7.05 Å². The fraction of sp³-hybridized carbons (Fsp3) is 0.375. The number of aromatic nitrogens is 4. The van der Waals surface area contributed by atoms with Crippen molar-refractivity contribution >= 4 is 11.0 Å². The van der Waals surface area contributed by atoms with Gasteiger partial charge in [-0.2, -0.15) is 0 Å². The van der Waals surface area contributed by atoms with Crippen molar-refractivity contribution in [1.82, 2.24) is 24.4 Å². The Morgan fingerprint density at radius 1 is 1.38 bits per heavy atom. The van der Waals surface area contributed by atoms with E-state index in [4.69, 9.17) is 0 Å². The van der Waals surface area contributed by atoms with Gasteiger partial charge in [-0.25, -0.2) is 9.97 Å². The highest BCUT2D eigenvalue weighted by Gasteiger charge is 2.21. The molecule has 21 heavy (non-hydrogen) atoms. The zero-order valence-electron chi connectivity index (χ0n) is 12.2. The maximum absolute atomic E-state index is 4.56. The molecule has 3 aromatic rings. The van der Waals surface area contributed by atoms with Gasteiger partial charge in [-0.1, -0.05) is 0 Å². The monoisotopic (exact) mass is 281 g/mol. The number of hydrogen-bond acceptors (Lipinski definition) is 3. The molecule has 1 aliphatic carbocycles. The Bertz CT molecular complexity index is 766. The fourth-order valence-corrected chi connectivity index (χ4v) is 2.71. The maximum Gasteiger partial charge on any atom is 0.140 e. The van der Waals surface area contributed by atoms with Crippen LogP contribution in [0.1, 0.15) is 24.1 Å². The van der Waals surface area contributed by atoms with Gasteiger partial charge in [-0.05, 0) is 30.5 Å². The van der Waals surface area contributed by atoms with Crippen LogP contribution in [0.25, 0.3) is 11.0 Å². The van der Waals surface area contributed by atoms with Crippen LogP contribution in [0.5, 0.6) is 0 Å². The molecule has 5 heteroatoms. The standard InChI is InChI=1S/C16H19N5/c1-20-11-17-8-14(20)10-21-9-12(7-19-13-4-5-13)15-3-2-6-18-16(15)21/h2-3,6,8-9,11,13,19H,4-5,7,10H2,1H3. The number of imidazole rings is 1. The Kier molecular flexibility index (Phi) is 3.00. The smallest absolute Gasteiger partial charge is 0.140 e. The number of aryl methyl sites for hydroxylation is 1. The second-order valence-corrected chi connectivity index (χ2v) is 5.81. The van der Waals surface area contributed by atoms with Crippen LogP contribution in [-0.4, -0.2) is 25.1 Å². The van der Waals surface area contributed by atoms with Crippen LogP contribution in [0.15, 0.2) is 37.1 Å². The summed E-state index contributed by atoms with van der Waals surface area (Å²) in [7, 11) is 2.02. The van der Waals surface area contributed by atoms with E-state index in [0.29, 0.717) is 0 Å². The first-order chi connectivity index (χ1) is 10.3. The van der Waals surface area contributed by atoms with Crippen LogP contribution < -0.4 is 5.32 Å². The van der Waals surface area contributed by atoms with Gasteiger partial charge in [0.15, 0.2) is 0 Å². The molecule has 0 bridgehead atoms. The Labute approximate surface area is 123 Å². The highest BCUT2D eigenvalue weighted by atomic mass is 15.1. The molecule has 0 radical (unpaired) electrons. The molecule has 1 saturated carbocycles. The van der Waals surface area contributed by atoms with Crippen LogP contribution in [0.4, 0.5) is 0 Å². The summed E-state index contributed by atoms with van der Waals surface area (Å²) in [6.07, 6.45) is 10.5. The minimum absolute atomic E-state index is 0.720. The molecule has 0 atom stereocenters. The summed E-state index contributed by atoms with van der Waals surface area (Å²) in [6, 6.07) is 4.89. The van der Waals surface area contributed by atoms with Crippen LogP contribution in [0, 0.1) is 0 Å². The molecule has 1 aliphatic rings. The lowest BCUT2D eigenvalue weighted by Crippen LogP contribution is -2.15. The summed E-state index contributed by atoms with van der Waals surface area (Å²) in [5.41, 5.74) is 3.55. The zero-order chi connectivity index (χ0) is 14.2. The second-order valence-electron chi connectivity index (χ2n) is 5.81. The fourth-order valence-electron chi connectivity index (χ4n) is 2.71. The van der Waals surface area contributed by atoms with E-state index in [-0.39, 0.29) is 0 Å². The van der Waals surface area contributed by atoms with Crippen molar-refractivity contribution in [2.45, 2.75) is 32.0 Å². The zero-order valence-corrected chi connectivity index (χ0v) is 12.2. The molecule has 3 heterocycles. The first kappa shape index (κ1) is 12.6. The van der Waals surface area contributed by atoms with Gasteiger partial charge >= 0.3 is 0 Å².